The topological polar surface area (TPSA) is 136 Å². The standard InChI is InChI=1S/C50H58N8O4S2/c1-37-13-21-49(22-14-37)63(59,60)55(33-43-29-39(3)27-40(4)30-43)25-9-7-11-45-35-57(53-51-45)47-17-19-48(20-18-47)58-36-46(52-54-58)12-8-10-26-56(34-44-31-41(5)28-42(6)32-44)64(61,62)50-23-15-38(2)16-24-50/h13-24,27-32,35-36H,7-12,25-26,33-34H2,1-6H3. The van der Waals surface area contributed by atoms with Crippen molar-refractivity contribution in [2.75, 3.05) is 13.1 Å². The fourth-order valence-corrected chi connectivity index (χ4v) is 11.0. The molecule has 12 nitrogen and oxygen atoms in total. The summed E-state index contributed by atoms with van der Waals surface area (Å²) in [6.07, 6.45) is 7.97. The van der Waals surface area contributed by atoms with E-state index in [-0.39, 0.29) is 0 Å². The monoisotopic (exact) mass is 898 g/mol. The van der Waals surface area contributed by atoms with Crippen molar-refractivity contribution in [2.45, 2.75) is 103 Å². The van der Waals surface area contributed by atoms with E-state index in [0.29, 0.717) is 61.7 Å². The van der Waals surface area contributed by atoms with Gasteiger partial charge in [-0.1, -0.05) is 104 Å². The number of sulfonamides is 2. The van der Waals surface area contributed by atoms with E-state index in [1.807, 2.05) is 102 Å². The van der Waals surface area contributed by atoms with Gasteiger partial charge in [-0.25, -0.2) is 26.2 Å². The number of rotatable bonds is 20. The summed E-state index contributed by atoms with van der Waals surface area (Å²) in [5.74, 6) is 0. The molecule has 0 aliphatic carbocycles. The van der Waals surface area contributed by atoms with Crippen molar-refractivity contribution in [3.8, 4) is 11.4 Å². The highest BCUT2D eigenvalue weighted by atomic mass is 32.2. The van der Waals surface area contributed by atoms with Crippen LogP contribution in [0.1, 0.15) is 81.6 Å². The molecule has 0 atom stereocenters. The third-order valence-electron chi connectivity index (χ3n) is 11.2. The first-order valence-electron chi connectivity index (χ1n) is 21.8. The highest BCUT2D eigenvalue weighted by molar-refractivity contribution is 7.89. The van der Waals surface area contributed by atoms with E-state index in [2.05, 4.69) is 57.0 Å². The molecule has 64 heavy (non-hydrogen) atoms. The average molecular weight is 899 g/mol. The first kappa shape index (κ1) is 46.2. The molecule has 0 saturated carbocycles. The van der Waals surface area contributed by atoms with Crippen LogP contribution in [0.25, 0.3) is 11.4 Å². The fraction of sp³-hybridized carbons (Fsp3) is 0.320. The van der Waals surface area contributed by atoms with Crippen molar-refractivity contribution in [3.63, 3.8) is 0 Å². The van der Waals surface area contributed by atoms with Crippen molar-refractivity contribution in [3.05, 3.63) is 177 Å². The Labute approximate surface area is 378 Å². The molecule has 0 bridgehead atoms. The van der Waals surface area contributed by atoms with Gasteiger partial charge in [-0.15, -0.1) is 10.2 Å². The molecule has 0 radical (unpaired) electrons. The first-order valence-corrected chi connectivity index (χ1v) is 24.7. The van der Waals surface area contributed by atoms with E-state index < -0.39 is 20.0 Å². The molecule has 0 fully saturated rings. The molecule has 0 unspecified atom stereocenters. The maximum atomic E-state index is 13.8. The maximum Gasteiger partial charge on any atom is 0.243 e. The van der Waals surface area contributed by atoms with Gasteiger partial charge in [-0.2, -0.15) is 8.61 Å². The zero-order valence-corrected chi connectivity index (χ0v) is 39.3. The Kier molecular flexibility index (Phi) is 14.7. The van der Waals surface area contributed by atoms with Gasteiger partial charge >= 0.3 is 0 Å². The molecule has 334 valence electrons. The number of aryl methyl sites for hydroxylation is 8. The van der Waals surface area contributed by atoms with Crippen LogP contribution in [-0.4, -0.2) is 68.5 Å². The second-order valence-corrected chi connectivity index (χ2v) is 20.9. The zero-order valence-electron chi connectivity index (χ0n) is 37.6. The summed E-state index contributed by atoms with van der Waals surface area (Å²) >= 11 is 0. The van der Waals surface area contributed by atoms with Crippen LogP contribution < -0.4 is 0 Å². The van der Waals surface area contributed by atoms with E-state index in [4.69, 9.17) is 0 Å². The molecule has 0 saturated heterocycles. The lowest BCUT2D eigenvalue weighted by Crippen LogP contribution is -2.31. The van der Waals surface area contributed by atoms with Crippen LogP contribution in [0.3, 0.4) is 0 Å². The van der Waals surface area contributed by atoms with Gasteiger partial charge in [-0.3, -0.25) is 0 Å². The minimum atomic E-state index is -3.70. The normalized spacial score (nSPS) is 12.1. The van der Waals surface area contributed by atoms with E-state index in [0.717, 1.165) is 80.1 Å². The van der Waals surface area contributed by atoms with Gasteiger partial charge in [-0.05, 0) is 140 Å². The molecule has 7 aromatic rings. The third-order valence-corrected chi connectivity index (χ3v) is 15.0. The lowest BCUT2D eigenvalue weighted by Gasteiger charge is -2.23. The Balaban J connectivity index is 0.921. The minimum absolute atomic E-state index is 0.300. The molecule has 2 aromatic heterocycles. The molecule has 2 heterocycles. The summed E-state index contributed by atoms with van der Waals surface area (Å²) < 4.78 is 62.0. The Morgan fingerprint density at radius 1 is 0.438 bits per heavy atom. The van der Waals surface area contributed by atoms with E-state index in [9.17, 15) is 16.8 Å². The summed E-state index contributed by atoms with van der Waals surface area (Å²) in [6, 6.07) is 34.3. The van der Waals surface area contributed by atoms with Gasteiger partial charge in [0.05, 0.1) is 44.9 Å². The molecule has 7 rings (SSSR count). The molecule has 14 heteroatoms. The Hall–Kier alpha value is -5.80. The first-order chi connectivity index (χ1) is 30.6. The summed E-state index contributed by atoms with van der Waals surface area (Å²) in [6.45, 7) is 13.4. The van der Waals surface area contributed by atoms with Gasteiger partial charge in [0.2, 0.25) is 20.0 Å². The smallest absolute Gasteiger partial charge is 0.220 e. The molecule has 0 spiro atoms. The fourth-order valence-electron chi connectivity index (χ4n) is 8.04. The molecule has 0 aliphatic rings. The largest absolute Gasteiger partial charge is 0.243 e. The van der Waals surface area contributed by atoms with Crippen LogP contribution in [0.15, 0.2) is 131 Å². The summed E-state index contributed by atoms with van der Waals surface area (Å²) in [4.78, 5) is 0.600. The lowest BCUT2D eigenvalue weighted by molar-refractivity contribution is 0.394. The number of aromatic nitrogens is 6. The quantitative estimate of drug-likeness (QED) is 0.0692. The van der Waals surface area contributed by atoms with Crippen LogP contribution in [0.2, 0.25) is 0 Å². The van der Waals surface area contributed by atoms with Crippen LogP contribution in [0.4, 0.5) is 0 Å². The minimum Gasteiger partial charge on any atom is -0.220 e. The SMILES string of the molecule is Cc1ccc(S(=O)(=O)N(CCCCc2cn(-c3ccc(-n4cc(CCCCN(Cc5cc(C)cc(C)c5)S(=O)(=O)c5ccc(C)cc5)nn4)cc3)nn2)Cc2cc(C)cc(C)c2)cc1. The zero-order chi connectivity index (χ0) is 45.4. The van der Waals surface area contributed by atoms with Crippen LogP contribution in [0, 0.1) is 41.5 Å². The van der Waals surface area contributed by atoms with Crippen molar-refractivity contribution >= 4 is 20.0 Å². The summed E-state index contributed by atoms with van der Waals surface area (Å²) in [5, 5.41) is 17.6. The van der Waals surface area contributed by atoms with Gasteiger partial charge < -0.3 is 0 Å². The Morgan fingerprint density at radius 3 is 1.12 bits per heavy atom. The number of benzene rings is 5. The van der Waals surface area contributed by atoms with Gasteiger partial charge in [0.15, 0.2) is 0 Å². The van der Waals surface area contributed by atoms with E-state index in [1.165, 1.54) is 0 Å². The van der Waals surface area contributed by atoms with E-state index in [1.54, 1.807) is 42.2 Å². The number of hydrogen-bond acceptors (Lipinski definition) is 8. The second-order valence-electron chi connectivity index (χ2n) is 17.0. The molecule has 0 N–H and O–H groups in total. The highest BCUT2D eigenvalue weighted by Crippen LogP contribution is 2.24. The Bertz CT molecular complexity index is 2650. The predicted molar refractivity (Wildman–Crippen MR) is 252 cm³/mol. The van der Waals surface area contributed by atoms with Gasteiger partial charge in [0.25, 0.3) is 0 Å². The van der Waals surface area contributed by atoms with Crippen molar-refractivity contribution in [2.24, 2.45) is 0 Å². The second kappa shape index (κ2) is 20.4. The molecular formula is C50H58N8O4S2. The van der Waals surface area contributed by atoms with E-state index >= 15 is 0 Å². The van der Waals surface area contributed by atoms with Gasteiger partial charge in [0.1, 0.15) is 0 Å². The van der Waals surface area contributed by atoms with Crippen molar-refractivity contribution in [1.82, 2.24) is 38.6 Å². The number of unbranched alkanes of at least 4 members (excludes halogenated alkanes) is 2. The van der Waals surface area contributed by atoms with Crippen LogP contribution in [0.5, 0.6) is 0 Å². The molecule has 5 aromatic carbocycles. The maximum absolute atomic E-state index is 13.8. The molecule has 0 aliphatic heterocycles. The van der Waals surface area contributed by atoms with Crippen LogP contribution >= 0.6 is 0 Å². The van der Waals surface area contributed by atoms with Gasteiger partial charge in [0, 0.05) is 26.2 Å². The molecular weight excluding hydrogens is 841 g/mol. The average Bonchev–Trinajstić information content (AvgIpc) is 3.93. The highest BCUT2D eigenvalue weighted by Gasteiger charge is 2.26. The third kappa shape index (κ3) is 11.9. The number of nitrogens with zero attached hydrogens (tertiary/aromatic N) is 8. The van der Waals surface area contributed by atoms with Crippen LogP contribution in [-0.2, 0) is 46.0 Å². The summed E-state index contributed by atoms with van der Waals surface area (Å²) in [7, 11) is -7.41. The Morgan fingerprint density at radius 2 is 0.781 bits per heavy atom. The molecule has 0 amide bonds. The van der Waals surface area contributed by atoms with Crippen molar-refractivity contribution in [1.29, 1.82) is 0 Å². The van der Waals surface area contributed by atoms with Crippen molar-refractivity contribution < 1.29 is 16.8 Å². The summed E-state index contributed by atoms with van der Waals surface area (Å²) in [5.41, 5.74) is 11.7. The predicted octanol–water partition coefficient (Wildman–Crippen LogP) is 9.13. The lowest BCUT2D eigenvalue weighted by atomic mass is 10.1. The number of hydrogen-bond donors (Lipinski definition) is 0.